The molecule has 1 aromatic heterocycles. The van der Waals surface area contributed by atoms with Crippen molar-refractivity contribution in [2.24, 2.45) is 0 Å². The molecule has 6 heteroatoms. The second-order valence-electron chi connectivity index (χ2n) is 4.29. The lowest BCUT2D eigenvalue weighted by Crippen LogP contribution is -2.24. The van der Waals surface area contributed by atoms with Crippen molar-refractivity contribution in [3.05, 3.63) is 12.4 Å². The van der Waals surface area contributed by atoms with Crippen LogP contribution in [0.1, 0.15) is 26.2 Å². The Morgan fingerprint density at radius 3 is 3.28 bits per heavy atom. The van der Waals surface area contributed by atoms with Gasteiger partial charge in [-0.2, -0.15) is 5.10 Å². The number of hydrogen-bond acceptors (Lipinski definition) is 4. The average molecular weight is 253 g/mol. The lowest BCUT2D eigenvalue weighted by Gasteiger charge is -2.22. The van der Waals surface area contributed by atoms with Gasteiger partial charge in [0.1, 0.15) is 0 Å². The highest BCUT2D eigenvalue weighted by Gasteiger charge is 2.15. The van der Waals surface area contributed by atoms with Gasteiger partial charge in [0, 0.05) is 12.8 Å². The van der Waals surface area contributed by atoms with Gasteiger partial charge in [-0.25, -0.2) is 4.79 Å². The van der Waals surface area contributed by atoms with Crippen molar-refractivity contribution in [1.82, 2.24) is 9.78 Å². The number of nitrogens with one attached hydrogen (secondary N) is 1. The van der Waals surface area contributed by atoms with Gasteiger partial charge < -0.3 is 9.47 Å². The van der Waals surface area contributed by atoms with Crippen LogP contribution < -0.4 is 5.32 Å². The van der Waals surface area contributed by atoms with E-state index in [0.717, 1.165) is 26.0 Å². The Bertz CT molecular complexity index is 386. The average Bonchev–Trinajstić information content (AvgIpc) is 2.78. The molecule has 1 N–H and O–H groups in total. The molecule has 0 saturated carbocycles. The van der Waals surface area contributed by atoms with E-state index in [1.54, 1.807) is 24.0 Å². The molecule has 18 heavy (non-hydrogen) atoms. The van der Waals surface area contributed by atoms with Gasteiger partial charge in [0.05, 0.1) is 31.1 Å². The summed E-state index contributed by atoms with van der Waals surface area (Å²) in [6.07, 6.45) is 6.60. The van der Waals surface area contributed by atoms with Gasteiger partial charge in [0.2, 0.25) is 0 Å². The fourth-order valence-corrected chi connectivity index (χ4v) is 1.97. The molecule has 1 unspecified atom stereocenters. The topological polar surface area (TPSA) is 65.4 Å². The number of nitrogens with zero attached hydrogens (tertiary/aromatic N) is 2. The third-order valence-electron chi connectivity index (χ3n) is 2.82. The maximum atomic E-state index is 11.2. The van der Waals surface area contributed by atoms with Crippen molar-refractivity contribution in [3.8, 4) is 0 Å². The minimum Gasteiger partial charge on any atom is -0.450 e. The molecule has 100 valence electrons. The summed E-state index contributed by atoms with van der Waals surface area (Å²) in [5, 5.41) is 6.81. The lowest BCUT2D eigenvalue weighted by molar-refractivity contribution is 0.00401. The highest BCUT2D eigenvalue weighted by molar-refractivity contribution is 5.84. The summed E-state index contributed by atoms with van der Waals surface area (Å²) < 4.78 is 12.2. The second-order valence-corrected chi connectivity index (χ2v) is 4.29. The van der Waals surface area contributed by atoms with Crippen LogP contribution in [-0.4, -0.2) is 35.2 Å². The smallest absolute Gasteiger partial charge is 0.411 e. The third kappa shape index (κ3) is 3.73. The Balaban J connectivity index is 1.83. The first-order valence-corrected chi connectivity index (χ1v) is 6.35. The first-order valence-electron chi connectivity index (χ1n) is 6.35. The van der Waals surface area contributed by atoms with Crippen molar-refractivity contribution in [2.75, 3.05) is 18.5 Å². The van der Waals surface area contributed by atoms with Gasteiger partial charge in [-0.05, 0) is 26.2 Å². The van der Waals surface area contributed by atoms with E-state index in [4.69, 9.17) is 9.47 Å². The van der Waals surface area contributed by atoms with Crippen LogP contribution in [0, 0.1) is 0 Å². The summed E-state index contributed by atoms with van der Waals surface area (Å²) in [5.41, 5.74) is 0.643. The summed E-state index contributed by atoms with van der Waals surface area (Å²) in [6.45, 7) is 3.68. The quantitative estimate of drug-likeness (QED) is 0.891. The zero-order valence-corrected chi connectivity index (χ0v) is 10.6. The molecule has 1 atom stereocenters. The molecule has 1 saturated heterocycles. The van der Waals surface area contributed by atoms with Crippen LogP contribution >= 0.6 is 0 Å². The Labute approximate surface area is 106 Å². The monoisotopic (exact) mass is 253 g/mol. The predicted molar refractivity (Wildman–Crippen MR) is 66.5 cm³/mol. The van der Waals surface area contributed by atoms with Gasteiger partial charge >= 0.3 is 6.09 Å². The predicted octanol–water partition coefficient (Wildman–Crippen LogP) is 2.02. The first-order chi connectivity index (χ1) is 8.78. The Hall–Kier alpha value is -1.56. The van der Waals surface area contributed by atoms with Crippen LogP contribution in [-0.2, 0) is 16.0 Å². The van der Waals surface area contributed by atoms with E-state index >= 15 is 0 Å². The zero-order valence-electron chi connectivity index (χ0n) is 10.6. The standard InChI is InChI=1S/C12H19N3O3/c1-2-17-12(16)14-10-7-13-15(8-10)9-11-5-3-4-6-18-11/h7-8,11H,2-6,9H2,1H3,(H,14,16). The summed E-state index contributed by atoms with van der Waals surface area (Å²) in [5.74, 6) is 0. The Morgan fingerprint density at radius 1 is 1.67 bits per heavy atom. The second kappa shape index (κ2) is 6.39. The number of amides is 1. The van der Waals surface area contributed by atoms with E-state index in [0.29, 0.717) is 12.3 Å². The minimum atomic E-state index is -0.453. The van der Waals surface area contributed by atoms with Crippen LogP contribution in [0.5, 0.6) is 0 Å². The van der Waals surface area contributed by atoms with E-state index in [9.17, 15) is 4.79 Å². The molecule has 1 aliphatic rings. The summed E-state index contributed by atoms with van der Waals surface area (Å²) in [6, 6.07) is 0. The van der Waals surface area contributed by atoms with Crippen LogP contribution in [0.2, 0.25) is 0 Å². The van der Waals surface area contributed by atoms with Crippen molar-refractivity contribution in [2.45, 2.75) is 38.8 Å². The highest BCUT2D eigenvalue weighted by Crippen LogP contribution is 2.15. The molecule has 1 aliphatic heterocycles. The third-order valence-corrected chi connectivity index (χ3v) is 2.82. The lowest BCUT2D eigenvalue weighted by atomic mass is 10.1. The SMILES string of the molecule is CCOC(=O)Nc1cnn(CC2CCCCO2)c1. The molecular formula is C12H19N3O3. The largest absolute Gasteiger partial charge is 0.450 e. The normalized spacial score (nSPS) is 19.5. The highest BCUT2D eigenvalue weighted by atomic mass is 16.5. The molecule has 0 aromatic carbocycles. The fraction of sp³-hybridized carbons (Fsp3) is 0.667. The minimum absolute atomic E-state index is 0.231. The molecular weight excluding hydrogens is 234 g/mol. The number of carbonyl (C=O) groups excluding carboxylic acids is 1. The van der Waals surface area contributed by atoms with E-state index in [1.165, 1.54) is 6.42 Å². The summed E-state index contributed by atoms with van der Waals surface area (Å²) in [4.78, 5) is 11.2. The van der Waals surface area contributed by atoms with E-state index in [2.05, 4.69) is 10.4 Å². The molecule has 0 bridgehead atoms. The number of rotatable bonds is 4. The van der Waals surface area contributed by atoms with Gasteiger partial charge in [-0.1, -0.05) is 0 Å². The van der Waals surface area contributed by atoms with E-state index in [-0.39, 0.29) is 6.10 Å². The summed E-state index contributed by atoms with van der Waals surface area (Å²) in [7, 11) is 0. The Kier molecular flexibility index (Phi) is 4.58. The Morgan fingerprint density at radius 2 is 2.56 bits per heavy atom. The number of anilines is 1. The first kappa shape index (κ1) is 12.9. The van der Waals surface area contributed by atoms with Crippen molar-refractivity contribution >= 4 is 11.8 Å². The molecule has 0 aliphatic carbocycles. The molecule has 0 radical (unpaired) electrons. The van der Waals surface area contributed by atoms with Gasteiger partial charge in [-0.15, -0.1) is 0 Å². The molecule has 6 nitrogen and oxygen atoms in total. The van der Waals surface area contributed by atoms with Crippen molar-refractivity contribution in [1.29, 1.82) is 0 Å². The molecule has 2 heterocycles. The molecule has 0 spiro atoms. The molecule has 1 amide bonds. The number of carbonyl (C=O) groups is 1. The van der Waals surface area contributed by atoms with E-state index < -0.39 is 6.09 Å². The van der Waals surface area contributed by atoms with Crippen LogP contribution in [0.25, 0.3) is 0 Å². The van der Waals surface area contributed by atoms with E-state index in [1.807, 2.05) is 0 Å². The maximum Gasteiger partial charge on any atom is 0.411 e. The van der Waals surface area contributed by atoms with Crippen LogP contribution in [0.3, 0.4) is 0 Å². The van der Waals surface area contributed by atoms with Crippen molar-refractivity contribution in [3.63, 3.8) is 0 Å². The molecule has 1 aromatic rings. The maximum absolute atomic E-state index is 11.2. The molecule has 1 fully saturated rings. The number of ether oxygens (including phenoxy) is 2. The fourth-order valence-electron chi connectivity index (χ4n) is 1.97. The van der Waals surface area contributed by atoms with Gasteiger partial charge in [-0.3, -0.25) is 10.00 Å². The number of aromatic nitrogens is 2. The van der Waals surface area contributed by atoms with Gasteiger partial charge in [0.25, 0.3) is 0 Å². The van der Waals surface area contributed by atoms with Crippen molar-refractivity contribution < 1.29 is 14.3 Å². The summed E-state index contributed by atoms with van der Waals surface area (Å²) >= 11 is 0. The van der Waals surface area contributed by atoms with Crippen LogP contribution in [0.15, 0.2) is 12.4 Å². The number of hydrogen-bond donors (Lipinski definition) is 1. The van der Waals surface area contributed by atoms with Gasteiger partial charge in [0.15, 0.2) is 0 Å². The molecule has 2 rings (SSSR count). The zero-order chi connectivity index (χ0) is 12.8. The van der Waals surface area contributed by atoms with Crippen LogP contribution in [0.4, 0.5) is 10.5 Å².